The van der Waals surface area contributed by atoms with Crippen LogP contribution in [0.4, 0.5) is 0 Å². The first-order chi connectivity index (χ1) is 21.8. The third kappa shape index (κ3) is 6.54. The van der Waals surface area contributed by atoms with E-state index < -0.39 is 0 Å². The van der Waals surface area contributed by atoms with Gasteiger partial charge in [-0.15, -0.1) is 0 Å². The van der Waals surface area contributed by atoms with Gasteiger partial charge >= 0.3 is 5.97 Å². The number of fused-ring (bicyclic) bond motifs is 2. The third-order valence-electron chi connectivity index (χ3n) is 8.42. The van der Waals surface area contributed by atoms with Gasteiger partial charge in [0.05, 0.1) is 38.9 Å². The number of carbonyl (C=O) groups is 2. The molecule has 1 atom stereocenters. The molecule has 0 aliphatic carbocycles. The van der Waals surface area contributed by atoms with E-state index in [1.54, 1.807) is 49.1 Å². The Morgan fingerprint density at radius 1 is 0.911 bits per heavy atom. The van der Waals surface area contributed by atoms with Crippen LogP contribution in [0, 0.1) is 6.92 Å². The maximum Gasteiger partial charge on any atom is 0.310 e. The molecule has 0 bridgehead atoms. The van der Waals surface area contributed by atoms with E-state index in [-0.39, 0.29) is 31.0 Å². The first kappa shape index (κ1) is 30.6. The van der Waals surface area contributed by atoms with Gasteiger partial charge in [0.15, 0.2) is 0 Å². The Morgan fingerprint density at radius 3 is 2.40 bits per heavy atom. The Hall–Kier alpha value is -4.37. The van der Waals surface area contributed by atoms with Crippen LogP contribution in [-0.4, -0.2) is 68.4 Å². The number of hydrogen-bond acceptors (Lipinski definition) is 7. The lowest BCUT2D eigenvalue weighted by Crippen LogP contribution is -2.40. The predicted octanol–water partition coefficient (Wildman–Crippen LogP) is 6.62. The van der Waals surface area contributed by atoms with E-state index in [1.807, 2.05) is 31.2 Å². The molecule has 8 nitrogen and oxygen atoms in total. The zero-order valence-electron chi connectivity index (χ0n) is 25.5. The van der Waals surface area contributed by atoms with E-state index in [2.05, 4.69) is 29.2 Å². The smallest absolute Gasteiger partial charge is 0.310 e. The number of nitrogens with zero attached hydrogens (tertiary/aromatic N) is 2. The molecule has 1 unspecified atom stereocenters. The van der Waals surface area contributed by atoms with Crippen molar-refractivity contribution in [2.45, 2.75) is 19.4 Å². The molecule has 0 spiro atoms. The van der Waals surface area contributed by atoms with Crippen molar-refractivity contribution in [3.63, 3.8) is 0 Å². The summed E-state index contributed by atoms with van der Waals surface area (Å²) in [6, 6.07) is 24.7. The fourth-order valence-corrected chi connectivity index (χ4v) is 6.08. The molecule has 5 aromatic rings. The summed E-state index contributed by atoms with van der Waals surface area (Å²) in [5, 5.41) is 3.57. The van der Waals surface area contributed by atoms with E-state index in [4.69, 9.17) is 30.5 Å². The van der Waals surface area contributed by atoms with E-state index >= 15 is 0 Å². The van der Waals surface area contributed by atoms with Gasteiger partial charge in [0.1, 0.15) is 18.1 Å². The van der Waals surface area contributed by atoms with Crippen LogP contribution in [0.1, 0.15) is 33.3 Å². The molecular weight excluding hydrogens is 592 g/mol. The van der Waals surface area contributed by atoms with Crippen molar-refractivity contribution in [3.05, 3.63) is 106 Å². The zero-order chi connectivity index (χ0) is 31.5. The molecule has 0 amide bonds. The fourth-order valence-electron chi connectivity index (χ4n) is 5.96. The highest BCUT2D eigenvalue weighted by Crippen LogP contribution is 2.31. The standard InChI is InChI=1S/C36H35ClN2O6/c1-23-31(32-20-30(43-3)12-13-33(32)39(23)36(41)24-6-9-28(37)10-7-24)21-35(40)45-17-15-38-14-16-44-34(22-38)27-5-4-26-19-29(42-2)11-8-25(26)18-27/h4-13,18-20,34H,14-17,21-22H2,1-3H3. The molecule has 232 valence electrons. The highest BCUT2D eigenvalue weighted by Gasteiger charge is 2.24. The van der Waals surface area contributed by atoms with Crippen molar-refractivity contribution in [3.8, 4) is 11.5 Å². The fraction of sp³-hybridized carbons (Fsp3) is 0.278. The van der Waals surface area contributed by atoms with E-state index in [1.165, 1.54) is 0 Å². The number of carbonyl (C=O) groups excluding carboxylic acids is 2. The summed E-state index contributed by atoms with van der Waals surface area (Å²) in [5.74, 6) is 0.916. The number of aromatic nitrogens is 1. The van der Waals surface area contributed by atoms with Crippen molar-refractivity contribution >= 4 is 45.2 Å². The number of benzene rings is 4. The molecule has 4 aromatic carbocycles. The van der Waals surface area contributed by atoms with Crippen LogP contribution in [0.3, 0.4) is 0 Å². The first-order valence-electron chi connectivity index (χ1n) is 14.9. The Balaban J connectivity index is 1.12. The van der Waals surface area contributed by atoms with Crippen molar-refractivity contribution in [1.82, 2.24) is 9.47 Å². The van der Waals surface area contributed by atoms with Gasteiger partial charge in [-0.05, 0) is 89.5 Å². The second-order valence-electron chi connectivity index (χ2n) is 11.1. The third-order valence-corrected chi connectivity index (χ3v) is 8.67. The van der Waals surface area contributed by atoms with E-state index in [0.717, 1.165) is 39.6 Å². The highest BCUT2D eigenvalue weighted by molar-refractivity contribution is 6.30. The maximum absolute atomic E-state index is 13.6. The number of ether oxygens (including phenoxy) is 4. The van der Waals surface area contributed by atoms with Gasteiger partial charge < -0.3 is 18.9 Å². The average Bonchev–Trinajstić information content (AvgIpc) is 3.33. The maximum atomic E-state index is 13.6. The van der Waals surface area contributed by atoms with Gasteiger partial charge in [-0.25, -0.2) is 0 Å². The lowest BCUT2D eigenvalue weighted by atomic mass is 10.0. The molecule has 6 rings (SSSR count). The summed E-state index contributed by atoms with van der Waals surface area (Å²) in [7, 11) is 3.26. The minimum Gasteiger partial charge on any atom is -0.497 e. The van der Waals surface area contributed by atoms with Gasteiger partial charge in [-0.1, -0.05) is 29.8 Å². The second kappa shape index (κ2) is 13.3. The highest BCUT2D eigenvalue weighted by atomic mass is 35.5. The summed E-state index contributed by atoms with van der Waals surface area (Å²) in [6.45, 7) is 4.77. The quantitative estimate of drug-likeness (QED) is 0.170. The van der Waals surface area contributed by atoms with Gasteiger partial charge in [0, 0.05) is 41.3 Å². The van der Waals surface area contributed by atoms with E-state index in [0.29, 0.717) is 47.2 Å². The molecule has 1 aliphatic rings. The molecule has 0 saturated carbocycles. The Morgan fingerprint density at radius 2 is 1.62 bits per heavy atom. The molecule has 9 heteroatoms. The second-order valence-corrected chi connectivity index (χ2v) is 11.6. The monoisotopic (exact) mass is 626 g/mol. The van der Waals surface area contributed by atoms with E-state index in [9.17, 15) is 9.59 Å². The molecule has 45 heavy (non-hydrogen) atoms. The largest absolute Gasteiger partial charge is 0.497 e. The predicted molar refractivity (Wildman–Crippen MR) is 175 cm³/mol. The summed E-state index contributed by atoms with van der Waals surface area (Å²) in [5.41, 5.74) is 3.72. The van der Waals surface area contributed by atoms with Crippen LogP contribution in [0.25, 0.3) is 21.7 Å². The minimum absolute atomic E-state index is 0.0318. The van der Waals surface area contributed by atoms with Gasteiger partial charge in [0.2, 0.25) is 0 Å². The Labute approximate surface area is 267 Å². The molecule has 1 aromatic heterocycles. The normalized spacial score (nSPS) is 15.3. The molecule has 1 saturated heterocycles. The molecule has 1 fully saturated rings. The number of hydrogen-bond donors (Lipinski definition) is 0. The summed E-state index contributed by atoms with van der Waals surface area (Å²) < 4.78 is 24.3. The Kier molecular flexibility index (Phi) is 9.07. The zero-order valence-corrected chi connectivity index (χ0v) is 26.3. The summed E-state index contributed by atoms with van der Waals surface area (Å²) >= 11 is 6.04. The van der Waals surface area contributed by atoms with Gasteiger partial charge in [-0.3, -0.25) is 19.1 Å². The van der Waals surface area contributed by atoms with Crippen LogP contribution in [0.5, 0.6) is 11.5 Å². The summed E-state index contributed by atoms with van der Waals surface area (Å²) in [4.78, 5) is 29.0. The van der Waals surface area contributed by atoms with Crippen molar-refractivity contribution in [1.29, 1.82) is 0 Å². The number of rotatable bonds is 9. The molecular formula is C36H35ClN2O6. The van der Waals surface area contributed by atoms with Gasteiger partial charge in [-0.2, -0.15) is 0 Å². The molecule has 1 aliphatic heterocycles. The molecule has 2 heterocycles. The van der Waals surface area contributed by atoms with Crippen molar-refractivity contribution in [2.24, 2.45) is 0 Å². The van der Waals surface area contributed by atoms with Crippen LogP contribution in [-0.2, 0) is 20.7 Å². The van der Waals surface area contributed by atoms with Gasteiger partial charge in [0.25, 0.3) is 5.91 Å². The lowest BCUT2D eigenvalue weighted by Gasteiger charge is -2.33. The minimum atomic E-state index is -0.353. The number of esters is 1. The first-order valence-corrected chi connectivity index (χ1v) is 15.3. The van der Waals surface area contributed by atoms with Crippen LogP contribution in [0.2, 0.25) is 5.02 Å². The van der Waals surface area contributed by atoms with Crippen LogP contribution < -0.4 is 9.47 Å². The summed E-state index contributed by atoms with van der Waals surface area (Å²) in [6.07, 6.45) is -0.0350. The SMILES string of the molecule is COc1ccc2cc(C3CN(CCOC(=O)Cc4c(C)n(C(=O)c5ccc(Cl)cc5)c5ccc(OC)cc45)CCO3)ccc2c1. The number of morpholine rings is 1. The van der Waals surface area contributed by atoms with Crippen LogP contribution >= 0.6 is 11.6 Å². The topological polar surface area (TPSA) is 79.2 Å². The van der Waals surface area contributed by atoms with Crippen molar-refractivity contribution < 1.29 is 28.5 Å². The van der Waals surface area contributed by atoms with Crippen LogP contribution in [0.15, 0.2) is 78.9 Å². The van der Waals surface area contributed by atoms with Crippen molar-refractivity contribution in [2.75, 3.05) is 47.1 Å². The average molecular weight is 627 g/mol. The number of halogens is 1. The number of methoxy groups -OCH3 is 2. The molecule has 0 N–H and O–H groups in total. The lowest BCUT2D eigenvalue weighted by molar-refractivity contribution is -0.143. The molecule has 0 radical (unpaired) electrons. The Bertz CT molecular complexity index is 1870.